The van der Waals surface area contributed by atoms with Crippen LogP contribution in [0.25, 0.3) is 10.9 Å². The Morgan fingerprint density at radius 2 is 0.712 bits per heavy atom. The molecular formula is C42H13BF20N2O. The van der Waals surface area contributed by atoms with Gasteiger partial charge in [-0.25, -0.2) is 87.8 Å². The SMILES string of the molecule is Fc1c(F)c(F)c([B-](c2c(F)c(F)c(F)c(F)c2F)(c2c(F)c(F)c(F)c(F)c2F)c2c(F)c(F)c(F)c(F)c2F)c(F)c1F.N#Cc1cc2ccccc2[n+](CC(=O)c2ccccc2)c1. The minimum atomic E-state index is -7.22. The third kappa shape index (κ3) is 7.40. The molecule has 0 bridgehead atoms. The van der Waals surface area contributed by atoms with Crippen molar-refractivity contribution in [1.29, 1.82) is 5.26 Å². The van der Waals surface area contributed by atoms with Crippen LogP contribution in [-0.4, -0.2) is 11.9 Å². The van der Waals surface area contributed by atoms with Gasteiger partial charge in [-0.2, -0.15) is 9.83 Å². The van der Waals surface area contributed by atoms with Crippen LogP contribution >= 0.6 is 0 Å². The monoisotopic (exact) mass is 952 g/mol. The van der Waals surface area contributed by atoms with Gasteiger partial charge < -0.3 is 0 Å². The number of Topliss-reactive ketones (excluding diaryl/α,β-unsaturated/α-hetero) is 1. The van der Waals surface area contributed by atoms with Crippen LogP contribution in [0.5, 0.6) is 0 Å². The van der Waals surface area contributed by atoms with Gasteiger partial charge in [0.25, 0.3) is 0 Å². The normalized spacial score (nSPS) is 11.4. The second-order valence-corrected chi connectivity index (χ2v) is 13.6. The van der Waals surface area contributed by atoms with Crippen molar-refractivity contribution in [2.45, 2.75) is 6.54 Å². The van der Waals surface area contributed by atoms with Gasteiger partial charge in [-0.05, 0) is 12.1 Å². The van der Waals surface area contributed by atoms with Crippen molar-refractivity contribution >= 4 is 44.7 Å². The number of pyridine rings is 1. The van der Waals surface area contributed by atoms with E-state index in [-0.39, 0.29) is 12.3 Å². The van der Waals surface area contributed by atoms with Gasteiger partial charge in [-0.1, -0.05) is 42.5 Å². The smallest absolute Gasteiger partial charge is 0.227 e. The molecule has 24 heteroatoms. The second kappa shape index (κ2) is 17.8. The average Bonchev–Trinajstić information content (AvgIpc) is 3.31. The van der Waals surface area contributed by atoms with Crippen molar-refractivity contribution in [3.63, 3.8) is 0 Å². The Morgan fingerprint density at radius 1 is 0.424 bits per heavy atom. The number of nitriles is 1. The highest BCUT2D eigenvalue weighted by Gasteiger charge is 2.52. The van der Waals surface area contributed by atoms with E-state index in [0.717, 1.165) is 10.9 Å². The maximum Gasteiger partial charge on any atom is 0.227 e. The summed E-state index contributed by atoms with van der Waals surface area (Å²) in [5, 5.41) is 10.1. The van der Waals surface area contributed by atoms with E-state index in [0.29, 0.717) is 11.1 Å². The summed E-state index contributed by atoms with van der Waals surface area (Å²) in [7, 11) is 0. The Hall–Kier alpha value is -7.45. The Kier molecular flexibility index (Phi) is 13.0. The second-order valence-electron chi connectivity index (χ2n) is 13.6. The fourth-order valence-corrected chi connectivity index (χ4v) is 7.25. The van der Waals surface area contributed by atoms with E-state index in [1.807, 2.05) is 53.1 Å². The van der Waals surface area contributed by atoms with Gasteiger partial charge in [0.1, 0.15) is 64.3 Å². The summed E-state index contributed by atoms with van der Waals surface area (Å²) in [6.45, 7) is 0.222. The summed E-state index contributed by atoms with van der Waals surface area (Å²) in [5.41, 5.74) is -12.2. The molecule has 0 spiro atoms. The zero-order valence-corrected chi connectivity index (χ0v) is 31.5. The molecule has 0 amide bonds. The summed E-state index contributed by atoms with van der Waals surface area (Å²) in [6.07, 6.45) is -5.49. The van der Waals surface area contributed by atoms with Crippen molar-refractivity contribution in [3.05, 3.63) is 194 Å². The predicted octanol–water partition coefficient (Wildman–Crippen LogP) is 8.73. The molecule has 0 aliphatic carbocycles. The number of para-hydroxylation sites is 1. The van der Waals surface area contributed by atoms with Crippen molar-refractivity contribution in [2.24, 2.45) is 0 Å². The lowest BCUT2D eigenvalue weighted by Gasteiger charge is -2.44. The van der Waals surface area contributed by atoms with Crippen LogP contribution in [-0.2, 0) is 6.54 Å². The molecular weight excluding hydrogens is 939 g/mol. The molecule has 7 rings (SSSR count). The number of carbonyl (C=O) groups excluding carboxylic acids is 1. The van der Waals surface area contributed by atoms with E-state index in [2.05, 4.69) is 6.07 Å². The number of nitrogens with zero attached hydrogens (tertiary/aromatic N) is 2. The number of fused-ring (bicyclic) bond motifs is 1. The highest BCUT2D eigenvalue weighted by molar-refractivity contribution is 7.20. The number of hydrogen-bond acceptors (Lipinski definition) is 2. The van der Waals surface area contributed by atoms with Crippen LogP contribution < -0.4 is 26.4 Å². The minimum Gasteiger partial charge on any atom is -0.287 e. The van der Waals surface area contributed by atoms with Crippen LogP contribution in [0.4, 0.5) is 87.8 Å². The molecule has 7 aromatic rings. The van der Waals surface area contributed by atoms with Crippen molar-refractivity contribution in [2.75, 3.05) is 0 Å². The molecule has 0 N–H and O–H groups in total. The average molecular weight is 952 g/mol. The number of carbonyl (C=O) groups is 1. The third-order valence-corrected chi connectivity index (χ3v) is 10.1. The van der Waals surface area contributed by atoms with E-state index in [1.54, 1.807) is 18.3 Å². The zero-order valence-electron chi connectivity index (χ0n) is 31.5. The van der Waals surface area contributed by atoms with Gasteiger partial charge in [0.05, 0.1) is 0 Å². The number of ketones is 1. The molecule has 3 nitrogen and oxygen atoms in total. The summed E-state index contributed by atoms with van der Waals surface area (Å²) >= 11 is 0. The van der Waals surface area contributed by atoms with Crippen molar-refractivity contribution in [3.8, 4) is 6.07 Å². The molecule has 0 fully saturated rings. The lowest BCUT2D eigenvalue weighted by atomic mass is 9.12. The van der Waals surface area contributed by atoms with Crippen LogP contribution in [0.3, 0.4) is 0 Å². The first-order chi connectivity index (χ1) is 31.0. The first-order valence-corrected chi connectivity index (χ1v) is 17.6. The first-order valence-electron chi connectivity index (χ1n) is 17.6. The first kappa shape index (κ1) is 48.0. The van der Waals surface area contributed by atoms with Crippen LogP contribution in [0.2, 0.25) is 0 Å². The Balaban J connectivity index is 0.000000284. The van der Waals surface area contributed by atoms with Crippen LogP contribution in [0.15, 0.2) is 66.9 Å². The van der Waals surface area contributed by atoms with Crippen LogP contribution in [0.1, 0.15) is 15.9 Å². The van der Waals surface area contributed by atoms with Crippen LogP contribution in [0, 0.1) is 128 Å². The number of hydrogen-bond donors (Lipinski definition) is 0. The summed E-state index contributed by atoms with van der Waals surface area (Å²) in [5.74, 6) is -71.4. The number of halogens is 20. The summed E-state index contributed by atoms with van der Waals surface area (Å²) in [6, 6.07) is 20.9. The van der Waals surface area contributed by atoms with Gasteiger partial charge in [0.15, 0.2) is 76.0 Å². The minimum absolute atomic E-state index is 0.0286. The van der Waals surface area contributed by atoms with Gasteiger partial charge >= 0.3 is 0 Å². The maximum absolute atomic E-state index is 15.4. The van der Waals surface area contributed by atoms with E-state index in [1.165, 1.54) is 0 Å². The fourth-order valence-electron chi connectivity index (χ4n) is 7.25. The van der Waals surface area contributed by atoms with Crippen molar-refractivity contribution < 1.29 is 97.2 Å². The quantitative estimate of drug-likeness (QED) is 0.0401. The van der Waals surface area contributed by atoms with Gasteiger partial charge in [0, 0.05) is 17.0 Å². The molecule has 0 saturated heterocycles. The highest BCUT2D eigenvalue weighted by Crippen LogP contribution is 2.31. The zero-order chi connectivity index (χ0) is 49.0. The third-order valence-electron chi connectivity index (χ3n) is 10.1. The molecule has 6 aromatic carbocycles. The lowest BCUT2D eigenvalue weighted by Crippen LogP contribution is -2.81. The molecule has 0 atom stereocenters. The molecule has 340 valence electrons. The molecule has 66 heavy (non-hydrogen) atoms. The van der Waals surface area contributed by atoms with E-state index in [9.17, 15) is 57.5 Å². The molecule has 0 aliphatic heterocycles. The Bertz CT molecular complexity index is 2830. The molecule has 0 unspecified atom stereocenters. The fraction of sp³-hybridized carbons (Fsp3) is 0.0238. The maximum atomic E-state index is 15.4. The number of aromatic nitrogens is 1. The molecule has 1 heterocycles. The standard InChI is InChI=1S/C24BF20.C18H13N2O/c26-5-1(6(27)14(35)21(42)13(5)34)25(2-7(28)15(36)22(43)16(37)8(2)29,3-9(30)17(38)23(44)18(39)10(3)31)4-11(32)19(40)24(45)20(41)12(4)33;19-11-14-10-16-8-4-5-9-17(16)20(12-14)13-18(21)15-6-2-1-3-7-15/h;1-10,12H,13H2/q-1;+1. The van der Waals surface area contributed by atoms with Gasteiger partial charge in [0.2, 0.25) is 17.8 Å². The van der Waals surface area contributed by atoms with Crippen molar-refractivity contribution in [1.82, 2.24) is 0 Å². The lowest BCUT2D eigenvalue weighted by molar-refractivity contribution is -0.657. The topological polar surface area (TPSA) is 44.7 Å². The van der Waals surface area contributed by atoms with Gasteiger partial charge in [-0.3, -0.25) is 4.79 Å². The van der Waals surface area contributed by atoms with E-state index < -0.39 is 144 Å². The number of benzene rings is 6. The van der Waals surface area contributed by atoms with E-state index in [4.69, 9.17) is 5.26 Å². The van der Waals surface area contributed by atoms with Gasteiger partial charge in [-0.15, -0.1) is 21.9 Å². The summed E-state index contributed by atoms with van der Waals surface area (Å²) < 4.78 is 296. The highest BCUT2D eigenvalue weighted by atomic mass is 19.2. The molecule has 0 aliphatic rings. The molecule has 0 saturated carbocycles. The molecule has 1 aromatic heterocycles. The Morgan fingerprint density at radius 3 is 1.03 bits per heavy atom. The van der Waals surface area contributed by atoms with E-state index >= 15 is 35.1 Å². The predicted molar refractivity (Wildman–Crippen MR) is 189 cm³/mol. The molecule has 0 radical (unpaired) electrons. The number of rotatable bonds is 7. The summed E-state index contributed by atoms with van der Waals surface area (Å²) in [4.78, 5) is 12.4. The Labute approximate surface area is 353 Å². The largest absolute Gasteiger partial charge is 0.287 e.